The monoisotopic (exact) mass is 422 g/mol. The Morgan fingerprint density at radius 1 is 1.00 bits per heavy atom. The quantitative estimate of drug-likeness (QED) is 0.695. The smallest absolute Gasteiger partial charge is 0.243 e. The molecule has 1 unspecified atom stereocenters. The molecule has 5 nitrogen and oxygen atoms in total. The van der Waals surface area contributed by atoms with Crippen LogP contribution < -0.4 is 0 Å². The molecule has 1 heterocycles. The number of carbonyl (C=O) groups is 1. The highest BCUT2D eigenvalue weighted by molar-refractivity contribution is 8.00. The van der Waals surface area contributed by atoms with E-state index in [0.29, 0.717) is 13.1 Å². The molecule has 0 spiro atoms. The second-order valence-electron chi connectivity index (χ2n) is 6.76. The molecule has 8 heteroatoms. The van der Waals surface area contributed by atoms with Gasteiger partial charge in [-0.15, -0.1) is 11.8 Å². The van der Waals surface area contributed by atoms with Crippen LogP contribution in [0.4, 0.5) is 4.39 Å². The first-order valence-electron chi connectivity index (χ1n) is 9.05. The molecular formula is C20H23FN2O3S2. The lowest BCUT2D eigenvalue weighted by Crippen LogP contribution is -2.52. The van der Waals surface area contributed by atoms with E-state index in [9.17, 15) is 17.6 Å². The average molecular weight is 423 g/mol. The fraction of sp³-hybridized carbons (Fsp3) is 0.350. The Hall–Kier alpha value is -1.90. The van der Waals surface area contributed by atoms with Crippen LogP contribution in [-0.4, -0.2) is 55.0 Å². The Balaban J connectivity index is 1.58. The van der Waals surface area contributed by atoms with E-state index >= 15 is 0 Å². The molecule has 28 heavy (non-hydrogen) atoms. The van der Waals surface area contributed by atoms with Crippen molar-refractivity contribution in [2.24, 2.45) is 0 Å². The van der Waals surface area contributed by atoms with E-state index in [-0.39, 0.29) is 29.1 Å². The number of halogens is 1. The average Bonchev–Trinajstić information content (AvgIpc) is 2.69. The molecule has 0 aliphatic carbocycles. The van der Waals surface area contributed by atoms with Crippen molar-refractivity contribution >= 4 is 27.7 Å². The van der Waals surface area contributed by atoms with E-state index in [0.717, 1.165) is 17.0 Å². The number of aryl methyl sites for hydroxylation is 1. The summed E-state index contributed by atoms with van der Waals surface area (Å²) in [4.78, 5) is 15.5. The van der Waals surface area contributed by atoms with Crippen LogP contribution in [0.3, 0.4) is 0 Å². The van der Waals surface area contributed by atoms with Crippen LogP contribution in [0.25, 0.3) is 0 Å². The van der Waals surface area contributed by atoms with Crippen molar-refractivity contribution in [3.05, 3.63) is 59.9 Å². The predicted molar refractivity (Wildman–Crippen MR) is 108 cm³/mol. The summed E-state index contributed by atoms with van der Waals surface area (Å²) in [6.45, 7) is 5.04. The van der Waals surface area contributed by atoms with Gasteiger partial charge in [0, 0.05) is 31.1 Å². The summed E-state index contributed by atoms with van der Waals surface area (Å²) in [6.07, 6.45) is 0. The molecule has 1 aliphatic heterocycles. The third kappa shape index (κ3) is 4.74. The molecule has 2 aromatic rings. The van der Waals surface area contributed by atoms with E-state index in [4.69, 9.17) is 0 Å². The Labute approximate surface area is 169 Å². The van der Waals surface area contributed by atoms with E-state index in [1.807, 2.05) is 38.1 Å². The third-order valence-electron chi connectivity index (χ3n) is 4.68. The first-order valence-corrected chi connectivity index (χ1v) is 11.4. The van der Waals surface area contributed by atoms with Crippen LogP contribution in [0, 0.1) is 12.7 Å². The number of piperazine rings is 1. The first kappa shape index (κ1) is 20.8. The van der Waals surface area contributed by atoms with E-state index in [2.05, 4.69) is 0 Å². The standard InChI is InChI=1S/C20H23FN2O3S2/c1-15-3-7-18(8-4-15)27-16(2)20(24)22-11-13-23(14-12-22)28(25,26)19-9-5-17(21)6-10-19/h3-10,16H,11-14H2,1-2H3. The molecule has 1 fully saturated rings. The fourth-order valence-electron chi connectivity index (χ4n) is 3.03. The van der Waals surface area contributed by atoms with Gasteiger partial charge in [-0.1, -0.05) is 17.7 Å². The highest BCUT2D eigenvalue weighted by Crippen LogP contribution is 2.26. The van der Waals surface area contributed by atoms with Crippen LogP contribution in [0.15, 0.2) is 58.3 Å². The van der Waals surface area contributed by atoms with Gasteiger partial charge in [0.1, 0.15) is 5.82 Å². The number of thioether (sulfide) groups is 1. The molecule has 1 aliphatic rings. The van der Waals surface area contributed by atoms with Gasteiger partial charge in [-0.05, 0) is 50.2 Å². The SMILES string of the molecule is Cc1ccc(SC(C)C(=O)N2CCN(S(=O)(=O)c3ccc(F)cc3)CC2)cc1. The molecule has 0 bridgehead atoms. The molecule has 0 aromatic heterocycles. The van der Waals surface area contributed by atoms with E-state index < -0.39 is 15.8 Å². The number of sulfonamides is 1. The Morgan fingerprint density at radius 3 is 2.14 bits per heavy atom. The topological polar surface area (TPSA) is 57.7 Å². The molecule has 0 radical (unpaired) electrons. The molecule has 3 rings (SSSR count). The zero-order valence-electron chi connectivity index (χ0n) is 15.8. The van der Waals surface area contributed by atoms with Gasteiger partial charge in [-0.2, -0.15) is 4.31 Å². The van der Waals surface area contributed by atoms with Crippen molar-refractivity contribution in [1.29, 1.82) is 0 Å². The summed E-state index contributed by atoms with van der Waals surface area (Å²) in [6, 6.07) is 12.8. The normalized spacial score (nSPS) is 16.8. The molecule has 1 saturated heterocycles. The van der Waals surface area contributed by atoms with Gasteiger partial charge in [-0.25, -0.2) is 12.8 Å². The number of amides is 1. The van der Waals surface area contributed by atoms with Crippen LogP contribution >= 0.6 is 11.8 Å². The molecule has 0 N–H and O–H groups in total. The molecule has 1 amide bonds. The number of nitrogens with zero attached hydrogens (tertiary/aromatic N) is 2. The number of hydrogen-bond donors (Lipinski definition) is 0. The summed E-state index contributed by atoms with van der Waals surface area (Å²) in [5.74, 6) is -0.473. The van der Waals surface area contributed by atoms with E-state index in [1.54, 1.807) is 4.90 Å². The zero-order chi connectivity index (χ0) is 20.3. The van der Waals surface area contributed by atoms with Gasteiger partial charge >= 0.3 is 0 Å². The van der Waals surface area contributed by atoms with Crippen molar-refractivity contribution in [1.82, 2.24) is 9.21 Å². The maximum absolute atomic E-state index is 13.1. The minimum atomic E-state index is -3.68. The zero-order valence-corrected chi connectivity index (χ0v) is 17.5. The van der Waals surface area contributed by atoms with Gasteiger partial charge in [0.2, 0.25) is 15.9 Å². The van der Waals surface area contributed by atoms with Crippen molar-refractivity contribution in [2.45, 2.75) is 28.9 Å². The second-order valence-corrected chi connectivity index (χ2v) is 10.1. The maximum Gasteiger partial charge on any atom is 0.243 e. The van der Waals surface area contributed by atoms with Crippen LogP contribution in [0.1, 0.15) is 12.5 Å². The minimum absolute atomic E-state index is 0.00408. The maximum atomic E-state index is 13.1. The van der Waals surface area contributed by atoms with Crippen LogP contribution in [0.2, 0.25) is 0 Å². The summed E-state index contributed by atoms with van der Waals surface area (Å²) >= 11 is 1.50. The van der Waals surface area contributed by atoms with E-state index in [1.165, 1.54) is 33.8 Å². The fourth-order valence-corrected chi connectivity index (χ4v) is 5.41. The second kappa shape index (κ2) is 8.63. The van der Waals surface area contributed by atoms with Gasteiger partial charge in [0.05, 0.1) is 10.1 Å². The van der Waals surface area contributed by atoms with Crippen molar-refractivity contribution < 1.29 is 17.6 Å². The number of hydrogen-bond acceptors (Lipinski definition) is 4. The first-order chi connectivity index (χ1) is 13.3. The lowest BCUT2D eigenvalue weighted by atomic mass is 10.2. The lowest BCUT2D eigenvalue weighted by molar-refractivity contribution is -0.131. The molecule has 1 atom stereocenters. The number of rotatable bonds is 5. The Kier molecular flexibility index (Phi) is 6.42. The van der Waals surface area contributed by atoms with Crippen molar-refractivity contribution in [3.8, 4) is 0 Å². The van der Waals surface area contributed by atoms with Crippen molar-refractivity contribution in [2.75, 3.05) is 26.2 Å². The summed E-state index contributed by atoms with van der Waals surface area (Å²) in [5.41, 5.74) is 1.17. The Bertz CT molecular complexity index is 923. The van der Waals surface area contributed by atoms with Gasteiger partial charge in [-0.3, -0.25) is 4.79 Å². The molecule has 0 saturated carbocycles. The van der Waals surface area contributed by atoms with Crippen LogP contribution in [0.5, 0.6) is 0 Å². The number of carbonyl (C=O) groups excluding carboxylic acids is 1. The van der Waals surface area contributed by atoms with Crippen molar-refractivity contribution in [3.63, 3.8) is 0 Å². The Morgan fingerprint density at radius 2 is 1.57 bits per heavy atom. The molecule has 150 valence electrons. The number of benzene rings is 2. The third-order valence-corrected chi connectivity index (χ3v) is 7.70. The minimum Gasteiger partial charge on any atom is -0.339 e. The van der Waals surface area contributed by atoms with Gasteiger partial charge < -0.3 is 4.90 Å². The summed E-state index contributed by atoms with van der Waals surface area (Å²) in [5, 5.41) is -0.247. The lowest BCUT2D eigenvalue weighted by Gasteiger charge is -2.35. The summed E-state index contributed by atoms with van der Waals surface area (Å²) < 4.78 is 39.8. The largest absolute Gasteiger partial charge is 0.339 e. The molecule has 2 aromatic carbocycles. The predicted octanol–water partition coefficient (Wildman–Crippen LogP) is 3.15. The van der Waals surface area contributed by atoms with Gasteiger partial charge in [0.25, 0.3) is 0 Å². The van der Waals surface area contributed by atoms with Gasteiger partial charge in [0.15, 0.2) is 0 Å². The highest BCUT2D eigenvalue weighted by Gasteiger charge is 2.31. The highest BCUT2D eigenvalue weighted by atomic mass is 32.2. The summed E-state index contributed by atoms with van der Waals surface area (Å²) in [7, 11) is -3.68. The molecular weight excluding hydrogens is 399 g/mol. The van der Waals surface area contributed by atoms with Crippen LogP contribution in [-0.2, 0) is 14.8 Å².